The summed E-state index contributed by atoms with van der Waals surface area (Å²) in [7, 11) is 8.89. The second kappa shape index (κ2) is 16.3. The Hall–Kier alpha value is -5.74. The molecule has 2 aromatic carbocycles. The van der Waals surface area contributed by atoms with E-state index in [0.717, 1.165) is 32.7 Å². The summed E-state index contributed by atoms with van der Waals surface area (Å²) in [6.07, 6.45) is 2.43. The number of urea groups is 1. The predicted molar refractivity (Wildman–Crippen MR) is 202 cm³/mol. The molecule has 0 spiro atoms. The van der Waals surface area contributed by atoms with Crippen molar-refractivity contribution in [3.05, 3.63) is 74.2 Å². The number of ether oxygens (including phenoxy) is 3. The van der Waals surface area contributed by atoms with Crippen LogP contribution in [0.1, 0.15) is 55.8 Å². The van der Waals surface area contributed by atoms with Gasteiger partial charge >= 0.3 is 6.03 Å². The molecule has 0 saturated carbocycles. The highest BCUT2D eigenvalue weighted by atomic mass is 16.5. The van der Waals surface area contributed by atoms with Crippen molar-refractivity contribution in [1.29, 1.82) is 0 Å². The number of carbonyl (C=O) groups is 5. The summed E-state index contributed by atoms with van der Waals surface area (Å²) < 4.78 is 18.8. The first-order valence-corrected chi connectivity index (χ1v) is 18.2. The molecule has 6 amide bonds. The Morgan fingerprint density at radius 2 is 1.65 bits per heavy atom. The molecule has 16 nitrogen and oxygen atoms in total. The van der Waals surface area contributed by atoms with E-state index >= 15 is 0 Å². The maximum absolute atomic E-state index is 13.4. The number of hydrogen-bond acceptors (Lipinski definition) is 11. The largest absolute Gasteiger partial charge is 0.496 e. The van der Waals surface area contributed by atoms with E-state index in [9.17, 15) is 28.8 Å². The number of benzene rings is 2. The smallest absolute Gasteiger partial charge is 0.317 e. The minimum atomic E-state index is -1.05. The topological polar surface area (TPSA) is 181 Å². The molecule has 55 heavy (non-hydrogen) atoms. The number of nitrogens with zero attached hydrogens (tertiary/aromatic N) is 4. The van der Waals surface area contributed by atoms with E-state index in [-0.39, 0.29) is 61.9 Å². The molecule has 0 radical (unpaired) electrons. The predicted octanol–water partition coefficient (Wildman–Crippen LogP) is 2.04. The molecule has 0 aliphatic carbocycles. The number of pyridine rings is 1. The molecular formula is C39H47N7O9. The van der Waals surface area contributed by atoms with Gasteiger partial charge in [0.25, 0.3) is 17.4 Å². The van der Waals surface area contributed by atoms with E-state index in [0.29, 0.717) is 48.8 Å². The van der Waals surface area contributed by atoms with Crippen LogP contribution in [-0.2, 0) is 40.9 Å². The quantitative estimate of drug-likeness (QED) is 0.172. The van der Waals surface area contributed by atoms with Gasteiger partial charge in [0, 0.05) is 57.0 Å². The molecule has 1 atom stereocenters. The van der Waals surface area contributed by atoms with Gasteiger partial charge in [-0.15, -0.1) is 0 Å². The highest BCUT2D eigenvalue weighted by Crippen LogP contribution is 2.38. The van der Waals surface area contributed by atoms with Gasteiger partial charge in [-0.2, -0.15) is 0 Å². The fourth-order valence-corrected chi connectivity index (χ4v) is 7.41. The molecule has 1 aromatic heterocycles. The van der Waals surface area contributed by atoms with Crippen molar-refractivity contribution in [1.82, 2.24) is 29.9 Å². The number of carbonyl (C=O) groups excluding carboxylic acids is 5. The summed E-state index contributed by atoms with van der Waals surface area (Å²) in [5, 5.41) is 8.27. The van der Waals surface area contributed by atoms with Crippen molar-refractivity contribution in [2.24, 2.45) is 7.05 Å². The van der Waals surface area contributed by atoms with Crippen LogP contribution in [0.4, 0.5) is 10.5 Å². The minimum absolute atomic E-state index is 0.0400. The maximum Gasteiger partial charge on any atom is 0.317 e. The first kappa shape index (κ1) is 39.0. The van der Waals surface area contributed by atoms with E-state index in [2.05, 4.69) is 16.0 Å². The number of hydrogen-bond donors (Lipinski definition) is 3. The van der Waals surface area contributed by atoms with Crippen LogP contribution in [0.3, 0.4) is 0 Å². The summed E-state index contributed by atoms with van der Waals surface area (Å²) in [5.41, 5.74) is 5.53. The summed E-state index contributed by atoms with van der Waals surface area (Å²) >= 11 is 0. The lowest BCUT2D eigenvalue weighted by atomic mass is 9.91. The number of piperidine rings is 1. The highest BCUT2D eigenvalue weighted by molar-refractivity contribution is 6.25. The lowest BCUT2D eigenvalue weighted by Gasteiger charge is -2.30. The molecule has 3 N–H and O–H groups in total. The standard InChI is InChI=1S/C39H47N7O9/c1-22-7-8-25-33(38(51)46(37(25)50)29-9-10-32(47)42-35(29)48)34(22)40-12-15-55-16-13-41-39(52)45-14-11-24-26(20-44(4)36(49)27(24)21-45)23-17-30(53-5)28(19-43(2)3)31(18-23)54-6/h7-8,17-18,20,29,40H,9-16,19,21H2,1-6H3,(H,41,52)(H,42,47,48). The van der Waals surface area contributed by atoms with Gasteiger partial charge in [-0.3, -0.25) is 34.2 Å². The van der Waals surface area contributed by atoms with Crippen LogP contribution in [0.5, 0.6) is 11.5 Å². The molecule has 292 valence electrons. The van der Waals surface area contributed by atoms with Crippen LogP contribution >= 0.6 is 0 Å². The van der Waals surface area contributed by atoms with Crippen molar-refractivity contribution >= 4 is 35.3 Å². The van der Waals surface area contributed by atoms with E-state index in [1.165, 1.54) is 4.57 Å². The molecule has 3 aliphatic heterocycles. The van der Waals surface area contributed by atoms with Gasteiger partial charge in [0.2, 0.25) is 11.8 Å². The van der Waals surface area contributed by atoms with Gasteiger partial charge in [-0.25, -0.2) is 4.79 Å². The molecule has 16 heteroatoms. The van der Waals surface area contributed by atoms with Crippen molar-refractivity contribution in [2.45, 2.75) is 45.3 Å². The summed E-state index contributed by atoms with van der Waals surface area (Å²) in [5.74, 6) is -0.895. The van der Waals surface area contributed by atoms with Gasteiger partial charge in [0.05, 0.1) is 56.4 Å². The Bertz CT molecular complexity index is 2090. The van der Waals surface area contributed by atoms with Crippen molar-refractivity contribution < 1.29 is 38.2 Å². The number of anilines is 1. The minimum Gasteiger partial charge on any atom is -0.496 e. The lowest BCUT2D eigenvalue weighted by molar-refractivity contribution is -0.136. The second-order valence-corrected chi connectivity index (χ2v) is 14.1. The molecule has 4 heterocycles. The van der Waals surface area contributed by atoms with E-state index in [1.54, 1.807) is 45.2 Å². The first-order chi connectivity index (χ1) is 26.3. The fourth-order valence-electron chi connectivity index (χ4n) is 7.41. The Balaban J connectivity index is 1.03. The zero-order valence-corrected chi connectivity index (χ0v) is 32.0. The molecule has 3 aliphatic rings. The lowest BCUT2D eigenvalue weighted by Crippen LogP contribution is -2.54. The van der Waals surface area contributed by atoms with Gasteiger partial charge in [0.15, 0.2) is 0 Å². The Morgan fingerprint density at radius 1 is 0.945 bits per heavy atom. The normalized spacial score (nSPS) is 16.6. The average Bonchev–Trinajstić information content (AvgIpc) is 3.41. The SMILES string of the molecule is COc1cc(-c2cn(C)c(=O)c3c2CCN(C(=O)NCCOCCNc2c(C)ccc4c2C(=O)N(C2CCC(=O)NC2=O)C4=O)C3)cc(OC)c1CN(C)C. The molecule has 6 rings (SSSR count). The maximum atomic E-state index is 13.4. The Labute approximate surface area is 318 Å². The second-order valence-electron chi connectivity index (χ2n) is 14.1. The Kier molecular flexibility index (Phi) is 11.6. The number of rotatable bonds is 13. The molecule has 1 saturated heterocycles. The third-order valence-corrected chi connectivity index (χ3v) is 10.1. The number of imide groups is 2. The first-order valence-electron chi connectivity index (χ1n) is 18.2. The van der Waals surface area contributed by atoms with Crippen LogP contribution < -0.4 is 31.0 Å². The molecule has 1 unspecified atom stereocenters. The highest BCUT2D eigenvalue weighted by Gasteiger charge is 2.46. The molecular weight excluding hydrogens is 710 g/mol. The number of nitrogens with one attached hydrogen (secondary N) is 3. The average molecular weight is 758 g/mol. The van der Waals surface area contributed by atoms with E-state index in [4.69, 9.17) is 14.2 Å². The summed E-state index contributed by atoms with van der Waals surface area (Å²) in [6, 6.07) is 5.85. The number of amides is 6. The number of aryl methyl sites for hydroxylation is 2. The summed E-state index contributed by atoms with van der Waals surface area (Å²) in [4.78, 5) is 81.8. The number of fused-ring (bicyclic) bond motifs is 2. The van der Waals surface area contributed by atoms with E-state index < -0.39 is 29.7 Å². The van der Waals surface area contributed by atoms with Gasteiger partial charge < -0.3 is 39.2 Å². The van der Waals surface area contributed by atoms with Crippen molar-refractivity contribution in [3.8, 4) is 22.6 Å². The van der Waals surface area contributed by atoms with Crippen LogP contribution in [0.2, 0.25) is 0 Å². The third-order valence-electron chi connectivity index (χ3n) is 10.1. The van der Waals surface area contributed by atoms with Crippen LogP contribution in [-0.4, -0.2) is 116 Å². The van der Waals surface area contributed by atoms with Gasteiger partial charge in [-0.1, -0.05) is 6.07 Å². The monoisotopic (exact) mass is 757 g/mol. The van der Waals surface area contributed by atoms with Crippen LogP contribution in [0.25, 0.3) is 11.1 Å². The zero-order chi connectivity index (χ0) is 39.6. The molecule has 0 bridgehead atoms. The number of aromatic nitrogens is 1. The van der Waals surface area contributed by atoms with Crippen molar-refractivity contribution in [2.75, 3.05) is 66.5 Å². The zero-order valence-electron chi connectivity index (χ0n) is 32.0. The van der Waals surface area contributed by atoms with Gasteiger partial charge in [-0.05, 0) is 68.8 Å². The number of methoxy groups -OCH3 is 2. The fraction of sp³-hybridized carbons (Fsp3) is 0.436. The van der Waals surface area contributed by atoms with Crippen molar-refractivity contribution in [3.63, 3.8) is 0 Å². The Morgan fingerprint density at radius 3 is 2.33 bits per heavy atom. The third kappa shape index (κ3) is 7.77. The van der Waals surface area contributed by atoms with Crippen LogP contribution in [0, 0.1) is 6.92 Å². The molecule has 1 fully saturated rings. The van der Waals surface area contributed by atoms with E-state index in [1.807, 2.05) is 37.3 Å². The van der Waals surface area contributed by atoms with Gasteiger partial charge in [0.1, 0.15) is 17.5 Å². The molecule has 3 aromatic rings. The summed E-state index contributed by atoms with van der Waals surface area (Å²) in [6.45, 7) is 3.98. The van der Waals surface area contributed by atoms with Crippen LogP contribution in [0.15, 0.2) is 35.3 Å².